The number of primary amides is 1. The van der Waals surface area contributed by atoms with Crippen LogP contribution in [0.5, 0.6) is 0 Å². The van der Waals surface area contributed by atoms with E-state index in [0.717, 1.165) is 78.3 Å². The highest BCUT2D eigenvalue weighted by atomic mass is 16.1. The zero-order chi connectivity index (χ0) is 17.4. The van der Waals surface area contributed by atoms with Crippen molar-refractivity contribution in [2.45, 2.75) is 19.8 Å². The van der Waals surface area contributed by atoms with E-state index >= 15 is 0 Å². The van der Waals surface area contributed by atoms with E-state index in [2.05, 4.69) is 19.6 Å². The van der Waals surface area contributed by atoms with Gasteiger partial charge in [-0.2, -0.15) is 0 Å². The molecule has 2 rings (SSSR count). The summed E-state index contributed by atoms with van der Waals surface area (Å²) in [6.45, 7) is 12.6. The van der Waals surface area contributed by atoms with E-state index in [1.54, 1.807) is 6.92 Å². The normalized spacial score (nSPS) is 28.4. The first-order valence-electron chi connectivity index (χ1n) is 9.20. The van der Waals surface area contributed by atoms with Crippen LogP contribution in [0.1, 0.15) is 19.8 Å². The zero-order valence-electron chi connectivity index (χ0n) is 15.1. The summed E-state index contributed by atoms with van der Waals surface area (Å²) in [5.74, 6) is 0.00938. The number of carbonyl (C=O) groups excluding carboxylic acids is 2. The standard InChI is InChI=1S/C17H33N5O2/c1-16(23)14-21-6-2-4-20-9-8-19(10-12-21)5-3-7-22(13-11-20)15-17(18)24/h2-15H2,1H3,(H2,18,24). The lowest BCUT2D eigenvalue weighted by Gasteiger charge is -2.35. The van der Waals surface area contributed by atoms with Gasteiger partial charge in [-0.1, -0.05) is 0 Å². The van der Waals surface area contributed by atoms with Crippen LogP contribution in [0.2, 0.25) is 0 Å². The largest absolute Gasteiger partial charge is 0.369 e. The highest BCUT2D eigenvalue weighted by molar-refractivity contribution is 5.77. The van der Waals surface area contributed by atoms with Gasteiger partial charge >= 0.3 is 0 Å². The van der Waals surface area contributed by atoms with E-state index in [1.807, 2.05) is 0 Å². The second-order valence-corrected chi connectivity index (χ2v) is 7.11. The Morgan fingerprint density at radius 1 is 0.708 bits per heavy atom. The van der Waals surface area contributed by atoms with Gasteiger partial charge in [-0.25, -0.2) is 0 Å². The topological polar surface area (TPSA) is 73.1 Å². The molecule has 2 heterocycles. The highest BCUT2D eigenvalue weighted by Crippen LogP contribution is 2.06. The molecule has 2 saturated heterocycles. The monoisotopic (exact) mass is 339 g/mol. The first kappa shape index (κ1) is 19.3. The second kappa shape index (κ2) is 10.1. The van der Waals surface area contributed by atoms with Crippen LogP contribution in [0.25, 0.3) is 0 Å². The molecule has 2 aliphatic heterocycles. The summed E-state index contributed by atoms with van der Waals surface area (Å²) < 4.78 is 0. The maximum Gasteiger partial charge on any atom is 0.231 e. The molecule has 138 valence electrons. The number of hydrogen-bond donors (Lipinski definition) is 1. The van der Waals surface area contributed by atoms with Crippen LogP contribution in [0.3, 0.4) is 0 Å². The summed E-state index contributed by atoms with van der Waals surface area (Å²) in [5.41, 5.74) is 5.38. The van der Waals surface area contributed by atoms with Crippen LogP contribution < -0.4 is 5.73 Å². The van der Waals surface area contributed by atoms with Gasteiger partial charge in [0.05, 0.1) is 13.1 Å². The molecule has 2 aliphatic rings. The lowest BCUT2D eigenvalue weighted by atomic mass is 10.2. The van der Waals surface area contributed by atoms with Crippen LogP contribution in [0, 0.1) is 0 Å². The average molecular weight is 339 g/mol. The van der Waals surface area contributed by atoms with Gasteiger partial charge in [0.2, 0.25) is 5.91 Å². The molecule has 0 aromatic carbocycles. The Labute approximate surface area is 145 Å². The third kappa shape index (κ3) is 7.25. The Hall–Kier alpha value is -1.02. The summed E-state index contributed by atoms with van der Waals surface area (Å²) in [6.07, 6.45) is 2.14. The van der Waals surface area contributed by atoms with Crippen molar-refractivity contribution in [3.05, 3.63) is 0 Å². The van der Waals surface area contributed by atoms with Crippen molar-refractivity contribution in [3.8, 4) is 0 Å². The minimum atomic E-state index is -0.239. The zero-order valence-corrected chi connectivity index (χ0v) is 15.1. The number of fused-ring (bicyclic) bond motifs is 3. The fraction of sp³-hybridized carbons (Fsp3) is 0.882. The smallest absolute Gasteiger partial charge is 0.231 e. The Morgan fingerprint density at radius 2 is 1.17 bits per heavy atom. The summed E-state index contributed by atoms with van der Waals surface area (Å²) in [4.78, 5) is 32.2. The minimum absolute atomic E-state index is 0.239. The van der Waals surface area contributed by atoms with Gasteiger partial charge in [-0.05, 0) is 45.9 Å². The van der Waals surface area contributed by atoms with E-state index in [0.29, 0.717) is 13.1 Å². The van der Waals surface area contributed by atoms with Gasteiger partial charge in [0.25, 0.3) is 0 Å². The highest BCUT2D eigenvalue weighted by Gasteiger charge is 2.19. The predicted octanol–water partition coefficient (Wildman–Crippen LogP) is -0.924. The summed E-state index contributed by atoms with van der Waals surface area (Å²) in [5, 5.41) is 0. The van der Waals surface area contributed by atoms with Crippen LogP contribution in [0.15, 0.2) is 0 Å². The van der Waals surface area contributed by atoms with Crippen molar-refractivity contribution >= 4 is 11.7 Å². The van der Waals surface area contributed by atoms with Crippen LogP contribution in [0.4, 0.5) is 0 Å². The van der Waals surface area contributed by atoms with E-state index in [4.69, 9.17) is 5.73 Å². The molecule has 1 amide bonds. The first-order chi connectivity index (χ1) is 11.5. The van der Waals surface area contributed by atoms with E-state index in [9.17, 15) is 9.59 Å². The van der Waals surface area contributed by atoms with Crippen molar-refractivity contribution in [1.82, 2.24) is 19.6 Å². The lowest BCUT2D eigenvalue weighted by molar-refractivity contribution is -0.119. The first-order valence-corrected chi connectivity index (χ1v) is 9.20. The maximum absolute atomic E-state index is 11.5. The van der Waals surface area contributed by atoms with Crippen molar-refractivity contribution < 1.29 is 9.59 Å². The molecule has 0 radical (unpaired) electrons. The Balaban J connectivity index is 1.96. The summed E-state index contributed by atoms with van der Waals surface area (Å²) in [6, 6.07) is 0. The molecular formula is C17H33N5O2. The molecule has 0 aromatic rings. The maximum atomic E-state index is 11.5. The van der Waals surface area contributed by atoms with E-state index in [-0.39, 0.29) is 11.7 Å². The number of nitrogens with zero attached hydrogens (tertiary/aromatic N) is 4. The van der Waals surface area contributed by atoms with Gasteiger partial charge in [0.15, 0.2) is 0 Å². The molecule has 2 atom stereocenters. The molecule has 24 heavy (non-hydrogen) atoms. The predicted molar refractivity (Wildman–Crippen MR) is 94.9 cm³/mol. The molecule has 7 heteroatoms. The van der Waals surface area contributed by atoms with Gasteiger partial charge < -0.3 is 15.5 Å². The Kier molecular flexibility index (Phi) is 8.11. The molecule has 0 aromatic heterocycles. The second-order valence-electron chi connectivity index (χ2n) is 7.11. The van der Waals surface area contributed by atoms with Crippen molar-refractivity contribution in [3.63, 3.8) is 0 Å². The Bertz CT molecular complexity index is 380. The quantitative estimate of drug-likeness (QED) is 0.714. The van der Waals surface area contributed by atoms with Crippen molar-refractivity contribution in [1.29, 1.82) is 0 Å². The molecule has 0 spiro atoms. The number of hydrogen-bond acceptors (Lipinski definition) is 6. The van der Waals surface area contributed by atoms with Crippen LogP contribution >= 0.6 is 0 Å². The fourth-order valence-corrected chi connectivity index (χ4v) is 3.63. The number of nitrogens with two attached hydrogens (primary N) is 1. The average Bonchev–Trinajstić information content (AvgIpc) is 2.51. The third-order valence-corrected chi connectivity index (χ3v) is 4.92. The van der Waals surface area contributed by atoms with Crippen LogP contribution in [-0.2, 0) is 9.59 Å². The SMILES string of the molecule is CC(=O)CN1CCCN2CCN(CCCN(CC(N)=O)CC2)CC1. The molecule has 7 nitrogen and oxygen atoms in total. The molecule has 2 unspecified atom stereocenters. The van der Waals surface area contributed by atoms with Gasteiger partial charge in [0, 0.05) is 39.3 Å². The summed E-state index contributed by atoms with van der Waals surface area (Å²) in [7, 11) is 0. The molecule has 2 bridgehead atoms. The number of carbonyl (C=O) groups is 2. The lowest BCUT2D eigenvalue weighted by Crippen LogP contribution is -2.48. The summed E-state index contributed by atoms with van der Waals surface area (Å²) >= 11 is 0. The van der Waals surface area contributed by atoms with Gasteiger partial charge in [-0.15, -0.1) is 0 Å². The third-order valence-electron chi connectivity index (χ3n) is 4.92. The number of Topliss-reactive ketones (excluding diaryl/α,β-unsaturated/α-hetero) is 1. The number of rotatable bonds is 4. The molecule has 0 saturated carbocycles. The van der Waals surface area contributed by atoms with Crippen molar-refractivity contribution in [2.24, 2.45) is 5.73 Å². The van der Waals surface area contributed by atoms with Gasteiger partial charge in [-0.3, -0.25) is 19.4 Å². The molecule has 2 N–H and O–H groups in total. The minimum Gasteiger partial charge on any atom is -0.369 e. The van der Waals surface area contributed by atoms with E-state index < -0.39 is 0 Å². The Morgan fingerprint density at radius 3 is 1.62 bits per heavy atom. The van der Waals surface area contributed by atoms with Gasteiger partial charge in [0.1, 0.15) is 5.78 Å². The van der Waals surface area contributed by atoms with Crippen molar-refractivity contribution in [2.75, 3.05) is 78.5 Å². The fourth-order valence-electron chi connectivity index (χ4n) is 3.63. The molecule has 2 fully saturated rings. The number of amides is 1. The van der Waals surface area contributed by atoms with E-state index in [1.165, 1.54) is 0 Å². The number of ketones is 1. The van der Waals surface area contributed by atoms with Crippen LogP contribution in [-0.4, -0.2) is 110 Å². The molecule has 0 aliphatic carbocycles. The molecular weight excluding hydrogens is 306 g/mol.